The maximum Gasteiger partial charge on any atom is 0.303 e. The number of hydrogen-bond acceptors (Lipinski definition) is 6. The van der Waals surface area contributed by atoms with E-state index >= 15 is 0 Å². The lowest BCUT2D eigenvalue weighted by Gasteiger charge is -2.17. The van der Waals surface area contributed by atoms with E-state index in [4.69, 9.17) is 14.7 Å². The standard InChI is InChI=1S/C22H35NO7S/c1-3-4-6-14(2)18(24)10-9-16-17-11-20(30-21(17)12-19(16)25)15(13-31(23,28)29)7-5-8-22(26)27/h9-11,14-16,18-19,24-25H,3-8,12-13H2,1-2H3,(H,26,27)(H2,23,28,29)/b10-9+/t14?,15?,16-,18-,19-/m1/s1. The molecule has 0 aromatic carbocycles. The van der Waals surface area contributed by atoms with Crippen LogP contribution in [0.25, 0.3) is 0 Å². The van der Waals surface area contributed by atoms with Crippen molar-refractivity contribution in [2.75, 3.05) is 5.75 Å². The van der Waals surface area contributed by atoms with Gasteiger partial charge in [0, 0.05) is 30.2 Å². The summed E-state index contributed by atoms with van der Waals surface area (Å²) in [5.74, 6) is -1.06. The summed E-state index contributed by atoms with van der Waals surface area (Å²) in [5.41, 5.74) is 0.768. The molecule has 5 N–H and O–H groups in total. The SMILES string of the molecule is CCCCC(C)[C@H](O)/C=C/[C@@H]1c2cc(C(CCCC(=O)O)CS(N)(=O)=O)oc2C[C@H]1O. The zero-order valence-corrected chi connectivity index (χ0v) is 19.1. The van der Waals surface area contributed by atoms with Gasteiger partial charge in [0.2, 0.25) is 10.0 Å². The zero-order valence-electron chi connectivity index (χ0n) is 18.2. The maximum absolute atomic E-state index is 11.7. The number of rotatable bonds is 13. The summed E-state index contributed by atoms with van der Waals surface area (Å²) in [6.07, 6.45) is 6.08. The molecule has 0 bridgehead atoms. The number of sulfonamides is 1. The highest BCUT2D eigenvalue weighted by Crippen LogP contribution is 2.39. The molecule has 2 unspecified atom stereocenters. The van der Waals surface area contributed by atoms with Gasteiger partial charge in [-0.1, -0.05) is 38.8 Å². The second-order valence-corrected chi connectivity index (χ2v) is 10.3. The lowest BCUT2D eigenvalue weighted by Crippen LogP contribution is -2.22. The quantitative estimate of drug-likeness (QED) is 0.332. The van der Waals surface area contributed by atoms with Gasteiger partial charge < -0.3 is 19.7 Å². The molecule has 1 heterocycles. The van der Waals surface area contributed by atoms with Gasteiger partial charge in [0.25, 0.3) is 0 Å². The van der Waals surface area contributed by atoms with Crippen LogP contribution in [-0.2, 0) is 21.2 Å². The van der Waals surface area contributed by atoms with Gasteiger partial charge in [-0.3, -0.25) is 4.79 Å². The van der Waals surface area contributed by atoms with Crippen LogP contribution in [0.1, 0.15) is 81.3 Å². The van der Waals surface area contributed by atoms with Crippen LogP contribution in [0.5, 0.6) is 0 Å². The number of nitrogens with two attached hydrogens (primary N) is 1. The van der Waals surface area contributed by atoms with Gasteiger partial charge in [-0.15, -0.1) is 0 Å². The minimum Gasteiger partial charge on any atom is -0.481 e. The Morgan fingerprint density at radius 1 is 1.35 bits per heavy atom. The molecule has 176 valence electrons. The van der Waals surface area contributed by atoms with E-state index in [-0.39, 0.29) is 24.0 Å². The number of aliphatic hydroxyl groups excluding tert-OH is 2. The molecule has 0 radical (unpaired) electrons. The highest BCUT2D eigenvalue weighted by atomic mass is 32.2. The summed E-state index contributed by atoms with van der Waals surface area (Å²) < 4.78 is 29.2. The summed E-state index contributed by atoms with van der Waals surface area (Å²) >= 11 is 0. The molecule has 0 amide bonds. The third-order valence-corrected chi connectivity index (χ3v) is 6.79. The molecule has 2 rings (SSSR count). The molecular formula is C22H35NO7S. The minimum absolute atomic E-state index is 0.0697. The zero-order chi connectivity index (χ0) is 23.2. The lowest BCUT2D eigenvalue weighted by atomic mass is 9.94. The Morgan fingerprint density at radius 3 is 2.68 bits per heavy atom. The minimum atomic E-state index is -3.78. The second-order valence-electron chi connectivity index (χ2n) is 8.63. The molecule has 31 heavy (non-hydrogen) atoms. The third kappa shape index (κ3) is 7.75. The van der Waals surface area contributed by atoms with Crippen LogP contribution in [0.4, 0.5) is 0 Å². The molecule has 1 aliphatic rings. The van der Waals surface area contributed by atoms with E-state index in [1.165, 1.54) is 0 Å². The van der Waals surface area contributed by atoms with Crippen molar-refractivity contribution in [3.8, 4) is 0 Å². The fourth-order valence-corrected chi connectivity index (χ4v) is 4.96. The van der Waals surface area contributed by atoms with Gasteiger partial charge in [0.05, 0.1) is 18.0 Å². The van der Waals surface area contributed by atoms with E-state index in [9.17, 15) is 23.4 Å². The van der Waals surface area contributed by atoms with Crippen LogP contribution in [0.2, 0.25) is 0 Å². The van der Waals surface area contributed by atoms with Gasteiger partial charge in [-0.2, -0.15) is 0 Å². The summed E-state index contributed by atoms with van der Waals surface area (Å²) in [5, 5.41) is 34.9. The van der Waals surface area contributed by atoms with E-state index in [1.807, 2.05) is 6.92 Å². The molecule has 0 fully saturated rings. The Hall–Kier alpha value is -1.68. The Morgan fingerprint density at radius 2 is 2.06 bits per heavy atom. The van der Waals surface area contributed by atoms with Crippen molar-refractivity contribution in [3.05, 3.63) is 35.3 Å². The van der Waals surface area contributed by atoms with Crippen LogP contribution in [0, 0.1) is 5.92 Å². The van der Waals surface area contributed by atoms with Crippen LogP contribution in [0.3, 0.4) is 0 Å². The maximum atomic E-state index is 11.7. The first-order valence-corrected chi connectivity index (χ1v) is 12.6. The number of aliphatic hydroxyl groups is 2. The predicted octanol–water partition coefficient (Wildman–Crippen LogP) is 2.65. The molecular weight excluding hydrogens is 422 g/mol. The smallest absolute Gasteiger partial charge is 0.303 e. The van der Waals surface area contributed by atoms with Crippen molar-refractivity contribution in [1.29, 1.82) is 0 Å². The number of furan rings is 1. The second kappa shape index (κ2) is 11.3. The number of carboxylic acid groups (broad SMARTS) is 1. The van der Waals surface area contributed by atoms with E-state index in [0.717, 1.165) is 24.8 Å². The highest BCUT2D eigenvalue weighted by Gasteiger charge is 2.35. The molecule has 1 aromatic heterocycles. The Balaban J connectivity index is 2.17. The summed E-state index contributed by atoms with van der Waals surface area (Å²) in [6.45, 7) is 4.10. The van der Waals surface area contributed by atoms with Gasteiger partial charge in [0.15, 0.2) is 0 Å². The largest absolute Gasteiger partial charge is 0.481 e. The van der Waals surface area contributed by atoms with Crippen molar-refractivity contribution >= 4 is 16.0 Å². The summed E-state index contributed by atoms with van der Waals surface area (Å²) in [6, 6.07) is 1.74. The number of hydrogen-bond donors (Lipinski definition) is 4. The Kier molecular flexibility index (Phi) is 9.29. The Bertz CT molecular complexity index is 861. The summed E-state index contributed by atoms with van der Waals surface area (Å²) in [7, 11) is -3.78. The van der Waals surface area contributed by atoms with E-state index in [2.05, 4.69) is 6.92 Å². The van der Waals surface area contributed by atoms with E-state index in [0.29, 0.717) is 30.8 Å². The number of carboxylic acids is 1. The third-order valence-electron chi connectivity index (χ3n) is 5.92. The summed E-state index contributed by atoms with van der Waals surface area (Å²) in [4.78, 5) is 10.8. The first-order valence-electron chi connectivity index (χ1n) is 10.9. The van der Waals surface area contributed by atoms with Crippen LogP contribution in [0.15, 0.2) is 22.6 Å². The lowest BCUT2D eigenvalue weighted by molar-refractivity contribution is -0.137. The van der Waals surface area contributed by atoms with Crippen LogP contribution in [-0.4, -0.2) is 47.7 Å². The topological polar surface area (TPSA) is 151 Å². The number of unbranched alkanes of at least 4 members (excludes halogenated alkanes) is 1. The molecule has 0 saturated heterocycles. The number of carbonyl (C=O) groups is 1. The van der Waals surface area contributed by atoms with Crippen LogP contribution < -0.4 is 5.14 Å². The van der Waals surface area contributed by atoms with Crippen molar-refractivity contribution < 1.29 is 32.9 Å². The first-order chi connectivity index (χ1) is 14.5. The normalized spacial score (nSPS) is 21.8. The van der Waals surface area contributed by atoms with Gasteiger partial charge in [-0.05, 0) is 31.2 Å². The Labute approximate surface area is 184 Å². The van der Waals surface area contributed by atoms with Gasteiger partial charge >= 0.3 is 5.97 Å². The number of primary sulfonamides is 1. The first kappa shape index (κ1) is 25.6. The fourth-order valence-electron chi connectivity index (χ4n) is 4.07. The molecule has 0 spiro atoms. The molecule has 8 nitrogen and oxygen atoms in total. The molecule has 0 saturated carbocycles. The van der Waals surface area contributed by atoms with Crippen molar-refractivity contribution in [3.63, 3.8) is 0 Å². The average Bonchev–Trinajstić information content (AvgIpc) is 3.19. The van der Waals surface area contributed by atoms with Crippen molar-refractivity contribution in [2.45, 2.75) is 82.8 Å². The number of aliphatic carboxylic acids is 1. The molecule has 1 aliphatic carbocycles. The predicted molar refractivity (Wildman–Crippen MR) is 117 cm³/mol. The highest BCUT2D eigenvalue weighted by molar-refractivity contribution is 7.89. The van der Waals surface area contributed by atoms with E-state index < -0.39 is 34.1 Å². The average molecular weight is 458 g/mol. The van der Waals surface area contributed by atoms with Gasteiger partial charge in [0.1, 0.15) is 11.5 Å². The molecule has 1 aromatic rings. The van der Waals surface area contributed by atoms with Crippen molar-refractivity contribution in [2.24, 2.45) is 11.1 Å². The van der Waals surface area contributed by atoms with Crippen LogP contribution >= 0.6 is 0 Å². The van der Waals surface area contributed by atoms with E-state index in [1.54, 1.807) is 18.2 Å². The fraction of sp³-hybridized carbons (Fsp3) is 0.682. The van der Waals surface area contributed by atoms with Gasteiger partial charge in [-0.25, -0.2) is 13.6 Å². The monoisotopic (exact) mass is 457 g/mol. The molecule has 9 heteroatoms. The van der Waals surface area contributed by atoms with Crippen molar-refractivity contribution in [1.82, 2.24) is 0 Å². The number of fused-ring (bicyclic) bond motifs is 1. The molecule has 5 atom stereocenters. The molecule has 0 aliphatic heterocycles.